The zero-order valence-electron chi connectivity index (χ0n) is 19.3. The molecule has 0 amide bonds. The molecule has 0 rings (SSSR count). The van der Waals surface area contributed by atoms with Crippen LogP contribution in [0.25, 0.3) is 0 Å². The molecule has 0 aromatic rings. The van der Waals surface area contributed by atoms with E-state index in [-0.39, 0.29) is 17.0 Å². The molecule has 0 aromatic heterocycles. The molecule has 166 valence electrons. The first-order chi connectivity index (χ1) is 12.7. The average molecular weight is 468 g/mol. The molecule has 0 atom stereocenters. The van der Waals surface area contributed by atoms with Gasteiger partial charge in [-0.25, -0.2) is 5.50 Å². The molecule has 27 heavy (non-hydrogen) atoms. The highest BCUT2D eigenvalue weighted by molar-refractivity contribution is 8.93. The molecule has 0 spiro atoms. The van der Waals surface area contributed by atoms with Gasteiger partial charge >= 0.3 is 0 Å². The molecule has 1 nitrogen and oxygen atoms in total. The molecule has 0 aliphatic rings. The van der Waals surface area contributed by atoms with E-state index < -0.39 is 7.41 Å². The quantitative estimate of drug-likeness (QED) is 0.132. The molecule has 0 aliphatic carbocycles. The Morgan fingerprint density at radius 2 is 0.630 bits per heavy atom. The van der Waals surface area contributed by atoms with Gasteiger partial charge in [-0.1, -0.05) is 97.8 Å². The van der Waals surface area contributed by atoms with Gasteiger partial charge in [-0.15, -0.1) is 17.0 Å². The molecule has 2 N–H and O–H groups in total. The van der Waals surface area contributed by atoms with Crippen molar-refractivity contribution in [2.45, 2.75) is 136 Å². The molecule has 0 aromatic carbocycles. The Bertz CT molecular complexity index is 232. The van der Waals surface area contributed by atoms with Crippen molar-refractivity contribution in [1.29, 1.82) is 0 Å². The van der Waals surface area contributed by atoms with Crippen LogP contribution in [0.2, 0.25) is 0 Å². The van der Waals surface area contributed by atoms with Gasteiger partial charge in [-0.3, -0.25) is 0 Å². The first kappa shape index (κ1) is 30.1. The Morgan fingerprint density at radius 1 is 0.407 bits per heavy atom. The van der Waals surface area contributed by atoms with Crippen LogP contribution >= 0.6 is 24.4 Å². The molecule has 0 fully saturated rings. The van der Waals surface area contributed by atoms with E-state index >= 15 is 0 Å². The van der Waals surface area contributed by atoms with E-state index in [4.69, 9.17) is 5.50 Å². The van der Waals surface area contributed by atoms with E-state index in [1.54, 1.807) is 0 Å². The fourth-order valence-electron chi connectivity index (χ4n) is 3.96. The highest BCUT2D eigenvalue weighted by Gasteiger charge is 2.30. The fourth-order valence-corrected chi connectivity index (χ4v) is 7.19. The van der Waals surface area contributed by atoms with Crippen molar-refractivity contribution in [1.82, 2.24) is 0 Å². The molecule has 0 saturated carbocycles. The lowest BCUT2D eigenvalue weighted by atomic mass is 10.1. The van der Waals surface area contributed by atoms with Crippen LogP contribution < -0.4 is 5.50 Å². The van der Waals surface area contributed by atoms with Crippen LogP contribution in [0, 0.1) is 0 Å². The molecule has 0 bridgehead atoms. The van der Waals surface area contributed by atoms with Gasteiger partial charge in [-0.05, 0) is 38.5 Å². The molecule has 0 heterocycles. The summed E-state index contributed by atoms with van der Waals surface area (Å²) < 4.78 is 0. The van der Waals surface area contributed by atoms with Crippen LogP contribution in [0.1, 0.15) is 136 Å². The second-order valence-corrected chi connectivity index (χ2v) is 12.5. The summed E-state index contributed by atoms with van der Waals surface area (Å²) in [5.41, 5.74) is 7.03. The molecule has 0 unspecified atom stereocenters. The molecule has 0 radical (unpaired) electrons. The maximum absolute atomic E-state index is 7.03. The van der Waals surface area contributed by atoms with E-state index in [1.165, 1.54) is 134 Å². The molecule has 0 saturated heterocycles. The van der Waals surface area contributed by atoms with Gasteiger partial charge in [0.05, 0.1) is 25.9 Å². The van der Waals surface area contributed by atoms with Crippen molar-refractivity contribution >= 4 is 24.4 Å². The zero-order chi connectivity index (χ0) is 19.3. The number of hydrogen-bond acceptors (Lipinski definition) is 1. The summed E-state index contributed by atoms with van der Waals surface area (Å²) in [5.74, 6) is 0. The minimum Gasteiger partial charge on any atom is -0.205 e. The highest BCUT2D eigenvalue weighted by Crippen LogP contribution is 2.53. The van der Waals surface area contributed by atoms with Crippen LogP contribution in [-0.2, 0) is 0 Å². The summed E-state index contributed by atoms with van der Waals surface area (Å²) in [6, 6.07) is 0. The summed E-state index contributed by atoms with van der Waals surface area (Å²) in [6.07, 6.45) is 29.5. The van der Waals surface area contributed by atoms with Crippen LogP contribution in [0.4, 0.5) is 0 Å². The number of nitrogens with two attached hydrogens (primary N) is 1. The Kier molecular flexibility index (Phi) is 25.8. The Morgan fingerprint density at radius 3 is 0.889 bits per heavy atom. The van der Waals surface area contributed by atoms with E-state index in [2.05, 4.69) is 20.8 Å². The van der Waals surface area contributed by atoms with Gasteiger partial charge in [-0.2, -0.15) is 0 Å². The van der Waals surface area contributed by atoms with Crippen molar-refractivity contribution in [3.8, 4) is 0 Å². The third kappa shape index (κ3) is 21.4. The third-order valence-corrected chi connectivity index (χ3v) is 9.49. The lowest BCUT2D eigenvalue weighted by Crippen LogP contribution is -2.17. The zero-order valence-corrected chi connectivity index (χ0v) is 21.9. The lowest BCUT2D eigenvalue weighted by Gasteiger charge is -2.23. The summed E-state index contributed by atoms with van der Waals surface area (Å²) in [5, 5.41) is 0. The van der Waals surface area contributed by atoms with E-state index in [1.807, 2.05) is 0 Å². The third-order valence-electron chi connectivity index (χ3n) is 5.87. The predicted molar refractivity (Wildman–Crippen MR) is 136 cm³/mol. The van der Waals surface area contributed by atoms with Crippen molar-refractivity contribution in [3.05, 3.63) is 0 Å². The lowest BCUT2D eigenvalue weighted by molar-refractivity contribution is 0.615. The van der Waals surface area contributed by atoms with E-state index in [0.717, 1.165) is 0 Å². The van der Waals surface area contributed by atoms with Gasteiger partial charge in [0.15, 0.2) is 0 Å². The van der Waals surface area contributed by atoms with Crippen LogP contribution in [0.3, 0.4) is 0 Å². The number of rotatable bonds is 21. The second kappa shape index (κ2) is 23.2. The SMILES string of the molecule is Br.CCCCCCCC[P+](N)(CCCCCCCC)CCCCCCCC. The number of hydrogen-bond donors (Lipinski definition) is 1. The average Bonchev–Trinajstić information content (AvgIpc) is 2.64. The van der Waals surface area contributed by atoms with E-state index in [9.17, 15) is 0 Å². The molecule has 3 heteroatoms. The Labute approximate surface area is 184 Å². The van der Waals surface area contributed by atoms with Crippen molar-refractivity contribution in [2.75, 3.05) is 18.5 Å². The predicted octanol–water partition coefficient (Wildman–Crippen LogP) is 9.54. The first-order valence-corrected chi connectivity index (χ1v) is 14.7. The normalized spacial score (nSPS) is 11.6. The van der Waals surface area contributed by atoms with Gasteiger partial charge in [0.2, 0.25) is 0 Å². The second-order valence-electron chi connectivity index (χ2n) is 8.69. The number of unbranched alkanes of at least 4 members (excludes halogenated alkanes) is 15. The van der Waals surface area contributed by atoms with Crippen molar-refractivity contribution in [3.63, 3.8) is 0 Å². The summed E-state index contributed by atoms with van der Waals surface area (Å²) in [7, 11) is -1.14. The minimum atomic E-state index is -1.14. The highest BCUT2D eigenvalue weighted by atomic mass is 79.9. The van der Waals surface area contributed by atoms with Gasteiger partial charge < -0.3 is 0 Å². The van der Waals surface area contributed by atoms with Gasteiger partial charge in [0.25, 0.3) is 0 Å². The number of halogens is 1. The maximum Gasteiger partial charge on any atom is 0.0770 e. The van der Waals surface area contributed by atoms with Gasteiger partial charge in [0, 0.05) is 0 Å². The molecular weight excluding hydrogens is 413 g/mol. The molecular formula is C24H54BrNP+. The van der Waals surface area contributed by atoms with Gasteiger partial charge in [0.1, 0.15) is 0 Å². The summed E-state index contributed by atoms with van der Waals surface area (Å²) in [6.45, 7) is 6.91. The van der Waals surface area contributed by atoms with Crippen LogP contribution in [0.15, 0.2) is 0 Å². The summed E-state index contributed by atoms with van der Waals surface area (Å²) >= 11 is 0. The fraction of sp³-hybridized carbons (Fsp3) is 1.00. The Balaban J connectivity index is 0. The topological polar surface area (TPSA) is 26.0 Å². The monoisotopic (exact) mass is 466 g/mol. The smallest absolute Gasteiger partial charge is 0.0770 e. The molecule has 0 aliphatic heterocycles. The van der Waals surface area contributed by atoms with Crippen LogP contribution in [0.5, 0.6) is 0 Å². The van der Waals surface area contributed by atoms with Crippen molar-refractivity contribution in [2.24, 2.45) is 5.50 Å². The van der Waals surface area contributed by atoms with E-state index in [0.29, 0.717) is 0 Å². The minimum absolute atomic E-state index is 0. The maximum atomic E-state index is 7.03. The largest absolute Gasteiger partial charge is 0.205 e. The Hall–Kier alpha value is 0.870. The first-order valence-electron chi connectivity index (χ1n) is 12.3. The van der Waals surface area contributed by atoms with Crippen molar-refractivity contribution < 1.29 is 0 Å². The summed E-state index contributed by atoms with van der Waals surface area (Å²) in [4.78, 5) is 0. The standard InChI is InChI=1S/C24H53NP.BrH/c1-4-7-10-13-16-19-22-26(25,23-20-17-14-11-8-5-2)24-21-18-15-12-9-6-3;/h4-25H2,1-3H3;1H/q+1;. The van der Waals surface area contributed by atoms with Crippen LogP contribution in [-0.4, -0.2) is 18.5 Å².